The Labute approximate surface area is 199 Å². The number of carboxylic acid groups (broad SMARTS) is 1. The van der Waals surface area contributed by atoms with E-state index in [1.54, 1.807) is 4.68 Å². The number of halogens is 2. The van der Waals surface area contributed by atoms with Crippen LogP contribution in [0.3, 0.4) is 0 Å². The highest BCUT2D eigenvalue weighted by molar-refractivity contribution is 9.10. The zero-order valence-electron chi connectivity index (χ0n) is 18.2. The third kappa shape index (κ3) is 4.04. The van der Waals surface area contributed by atoms with Gasteiger partial charge < -0.3 is 9.67 Å². The largest absolute Gasteiger partial charge is 0.476 e. The lowest BCUT2D eigenvalue weighted by Gasteiger charge is -2.23. The fourth-order valence-corrected chi connectivity index (χ4v) is 5.09. The Kier molecular flexibility index (Phi) is 6.09. The van der Waals surface area contributed by atoms with Crippen LogP contribution in [-0.4, -0.2) is 35.6 Å². The van der Waals surface area contributed by atoms with E-state index in [0.29, 0.717) is 21.9 Å². The fourth-order valence-electron chi connectivity index (χ4n) is 4.19. The standard InChI is InChI=1S/C23H23BrClN5O2/c1-12(2)30-21(20(22(31)32)26-23(30)24)17(15-5-7-16(25)8-6-15)10-14-9-13(3)19-18(11-14)29(4)28-27-19/h5-9,11-12,17H,10H2,1-4H3,(H,31,32). The van der Waals surface area contributed by atoms with Crippen molar-refractivity contribution in [1.29, 1.82) is 0 Å². The van der Waals surface area contributed by atoms with Crippen molar-refractivity contribution in [3.8, 4) is 0 Å². The summed E-state index contributed by atoms with van der Waals surface area (Å²) in [5.41, 5.74) is 5.55. The van der Waals surface area contributed by atoms with Gasteiger partial charge in [0.2, 0.25) is 0 Å². The summed E-state index contributed by atoms with van der Waals surface area (Å²) >= 11 is 9.62. The van der Waals surface area contributed by atoms with E-state index in [4.69, 9.17) is 11.6 Å². The van der Waals surface area contributed by atoms with Crippen LogP contribution in [0, 0.1) is 6.92 Å². The van der Waals surface area contributed by atoms with Gasteiger partial charge in [-0.2, -0.15) is 0 Å². The molecule has 7 nitrogen and oxygen atoms in total. The number of hydrogen-bond donors (Lipinski definition) is 1. The maximum absolute atomic E-state index is 12.2. The predicted molar refractivity (Wildman–Crippen MR) is 128 cm³/mol. The van der Waals surface area contributed by atoms with Crippen molar-refractivity contribution in [3.05, 3.63) is 74.2 Å². The minimum absolute atomic E-state index is 0.0141. The molecule has 4 rings (SSSR count). The molecule has 0 fully saturated rings. The van der Waals surface area contributed by atoms with Gasteiger partial charge in [0, 0.05) is 24.0 Å². The number of aryl methyl sites for hydroxylation is 2. The van der Waals surface area contributed by atoms with E-state index in [1.165, 1.54) is 0 Å². The first kappa shape index (κ1) is 22.5. The number of aromatic nitrogens is 5. The van der Waals surface area contributed by atoms with Gasteiger partial charge in [-0.1, -0.05) is 35.0 Å². The summed E-state index contributed by atoms with van der Waals surface area (Å²) in [7, 11) is 1.86. The maximum Gasteiger partial charge on any atom is 0.356 e. The molecule has 0 bridgehead atoms. The van der Waals surface area contributed by atoms with E-state index in [2.05, 4.69) is 43.4 Å². The minimum Gasteiger partial charge on any atom is -0.476 e. The summed E-state index contributed by atoms with van der Waals surface area (Å²) in [6, 6.07) is 11.7. The SMILES string of the molecule is Cc1cc(CC(c2ccc(Cl)cc2)c2c(C(=O)O)nc(Br)n2C(C)C)cc2c1nnn2C. The van der Waals surface area contributed by atoms with Crippen LogP contribution in [0.4, 0.5) is 0 Å². The molecule has 1 N–H and O–H groups in total. The van der Waals surface area contributed by atoms with Gasteiger partial charge in [-0.25, -0.2) is 14.5 Å². The highest BCUT2D eigenvalue weighted by atomic mass is 79.9. The molecule has 1 atom stereocenters. The van der Waals surface area contributed by atoms with Crippen molar-refractivity contribution >= 4 is 44.5 Å². The Morgan fingerprint density at radius 3 is 2.53 bits per heavy atom. The molecular weight excluding hydrogens is 494 g/mol. The molecule has 1 unspecified atom stereocenters. The van der Waals surface area contributed by atoms with Crippen molar-refractivity contribution in [2.45, 2.75) is 39.2 Å². The molecule has 0 aliphatic carbocycles. The van der Waals surface area contributed by atoms with Gasteiger partial charge in [-0.3, -0.25) is 0 Å². The average molecular weight is 517 g/mol. The van der Waals surface area contributed by atoms with Crippen LogP contribution in [0.15, 0.2) is 41.1 Å². The van der Waals surface area contributed by atoms with Crippen LogP contribution in [0.25, 0.3) is 11.0 Å². The lowest BCUT2D eigenvalue weighted by molar-refractivity contribution is 0.0689. The first-order chi connectivity index (χ1) is 15.2. The van der Waals surface area contributed by atoms with Crippen LogP contribution in [0.1, 0.15) is 58.7 Å². The highest BCUT2D eigenvalue weighted by Crippen LogP contribution is 2.36. The molecule has 4 aromatic rings. The molecule has 166 valence electrons. The van der Waals surface area contributed by atoms with Crippen molar-refractivity contribution < 1.29 is 9.90 Å². The normalized spacial score (nSPS) is 12.6. The van der Waals surface area contributed by atoms with Crippen LogP contribution < -0.4 is 0 Å². The number of rotatable bonds is 6. The smallest absolute Gasteiger partial charge is 0.356 e. The maximum atomic E-state index is 12.2. The predicted octanol–water partition coefficient (Wildman–Crippen LogP) is 5.54. The third-order valence-corrected chi connectivity index (χ3v) is 6.45. The average Bonchev–Trinajstić information content (AvgIpc) is 3.27. The van der Waals surface area contributed by atoms with E-state index in [-0.39, 0.29) is 17.7 Å². The Morgan fingerprint density at radius 1 is 1.22 bits per heavy atom. The van der Waals surface area contributed by atoms with Crippen molar-refractivity contribution in [2.24, 2.45) is 7.05 Å². The van der Waals surface area contributed by atoms with Gasteiger partial charge >= 0.3 is 5.97 Å². The first-order valence-corrected chi connectivity index (χ1v) is 11.4. The van der Waals surface area contributed by atoms with Gasteiger partial charge in [0.1, 0.15) is 5.52 Å². The lowest BCUT2D eigenvalue weighted by atomic mass is 9.87. The van der Waals surface area contributed by atoms with Gasteiger partial charge in [0.25, 0.3) is 0 Å². The van der Waals surface area contributed by atoms with Crippen LogP contribution in [0.5, 0.6) is 0 Å². The van der Waals surface area contributed by atoms with Gasteiger partial charge in [-0.05, 0) is 78.0 Å². The van der Waals surface area contributed by atoms with E-state index < -0.39 is 5.97 Å². The van der Waals surface area contributed by atoms with Crippen molar-refractivity contribution in [1.82, 2.24) is 24.5 Å². The second kappa shape index (κ2) is 8.67. The number of fused-ring (bicyclic) bond motifs is 1. The number of benzene rings is 2. The number of nitrogens with zero attached hydrogens (tertiary/aromatic N) is 5. The second-order valence-electron chi connectivity index (χ2n) is 8.19. The molecule has 0 radical (unpaired) electrons. The molecule has 2 aromatic carbocycles. The lowest BCUT2D eigenvalue weighted by Crippen LogP contribution is -2.17. The Bertz CT molecular complexity index is 1310. The summed E-state index contributed by atoms with van der Waals surface area (Å²) in [5.74, 6) is -1.31. The zero-order valence-corrected chi connectivity index (χ0v) is 20.5. The summed E-state index contributed by atoms with van der Waals surface area (Å²) in [6.45, 7) is 6.03. The molecule has 0 aliphatic heterocycles. The monoisotopic (exact) mass is 515 g/mol. The van der Waals surface area contributed by atoms with E-state index in [1.807, 2.05) is 56.7 Å². The minimum atomic E-state index is -1.05. The van der Waals surface area contributed by atoms with E-state index in [9.17, 15) is 9.90 Å². The third-order valence-electron chi connectivity index (χ3n) is 5.63. The van der Waals surface area contributed by atoms with Crippen LogP contribution in [-0.2, 0) is 13.5 Å². The molecule has 0 aliphatic rings. The Morgan fingerprint density at radius 2 is 1.91 bits per heavy atom. The number of imidazole rings is 1. The summed E-state index contributed by atoms with van der Waals surface area (Å²) < 4.78 is 4.20. The summed E-state index contributed by atoms with van der Waals surface area (Å²) in [4.78, 5) is 16.5. The van der Waals surface area contributed by atoms with E-state index in [0.717, 1.165) is 27.7 Å². The fraction of sp³-hybridized carbons (Fsp3) is 0.304. The topological polar surface area (TPSA) is 85.8 Å². The summed E-state index contributed by atoms with van der Waals surface area (Å²) in [6.07, 6.45) is 0.578. The van der Waals surface area contributed by atoms with E-state index >= 15 is 0 Å². The first-order valence-electron chi connectivity index (χ1n) is 10.2. The molecule has 2 heterocycles. The molecular formula is C23H23BrClN5O2. The molecule has 0 saturated heterocycles. The number of carboxylic acids is 1. The molecule has 32 heavy (non-hydrogen) atoms. The highest BCUT2D eigenvalue weighted by Gasteiger charge is 2.30. The van der Waals surface area contributed by atoms with Gasteiger partial charge in [-0.15, -0.1) is 5.10 Å². The van der Waals surface area contributed by atoms with Crippen molar-refractivity contribution in [3.63, 3.8) is 0 Å². The number of hydrogen-bond acceptors (Lipinski definition) is 4. The quantitative estimate of drug-likeness (QED) is 0.363. The second-order valence-corrected chi connectivity index (χ2v) is 9.33. The molecule has 0 amide bonds. The molecule has 2 aromatic heterocycles. The zero-order chi connectivity index (χ0) is 23.2. The molecule has 9 heteroatoms. The van der Waals surface area contributed by atoms with Crippen LogP contribution in [0.2, 0.25) is 5.02 Å². The van der Waals surface area contributed by atoms with Gasteiger partial charge in [0.05, 0.1) is 11.2 Å². The Hall–Kier alpha value is -2.71. The Balaban J connectivity index is 1.93. The molecule has 0 saturated carbocycles. The molecule has 0 spiro atoms. The van der Waals surface area contributed by atoms with Crippen LogP contribution >= 0.6 is 27.5 Å². The van der Waals surface area contributed by atoms with Gasteiger partial charge in [0.15, 0.2) is 10.4 Å². The van der Waals surface area contributed by atoms with Crippen molar-refractivity contribution in [2.75, 3.05) is 0 Å². The number of carbonyl (C=O) groups is 1. The summed E-state index contributed by atoms with van der Waals surface area (Å²) in [5, 5.41) is 19.0. The number of aromatic carboxylic acids is 1.